The molecule has 0 saturated heterocycles. The molecule has 0 spiro atoms. The van der Waals surface area contributed by atoms with Crippen LogP contribution in [0.15, 0.2) is 29.1 Å². The van der Waals surface area contributed by atoms with Crippen molar-refractivity contribution in [2.24, 2.45) is 0 Å². The van der Waals surface area contributed by atoms with Crippen LogP contribution in [-0.2, 0) is 11.2 Å². The predicted molar refractivity (Wildman–Crippen MR) is 108 cm³/mol. The highest BCUT2D eigenvalue weighted by atomic mass is 35.5. The smallest absolute Gasteiger partial charge is 0.263 e. The van der Waals surface area contributed by atoms with Gasteiger partial charge in [0.05, 0.1) is 5.39 Å². The summed E-state index contributed by atoms with van der Waals surface area (Å²) < 4.78 is 1.41. The molecule has 0 aliphatic carbocycles. The molecule has 2 aromatic heterocycles. The second-order valence-electron chi connectivity index (χ2n) is 5.94. The molecular weight excluding hydrogens is 393 g/mol. The summed E-state index contributed by atoms with van der Waals surface area (Å²) in [6.07, 6.45) is 0.838. The number of aryl methyl sites for hydroxylation is 2. The summed E-state index contributed by atoms with van der Waals surface area (Å²) in [5.74, 6) is 0.152. The van der Waals surface area contributed by atoms with Crippen molar-refractivity contribution in [1.82, 2.24) is 9.55 Å². The van der Waals surface area contributed by atoms with Gasteiger partial charge in [0.2, 0.25) is 5.91 Å². The number of thiophene rings is 1. The lowest BCUT2D eigenvalue weighted by Gasteiger charge is -2.17. The van der Waals surface area contributed by atoms with Crippen LogP contribution in [0.25, 0.3) is 10.2 Å². The molecule has 1 amide bonds. The number of benzene rings is 1. The number of halogens is 2. The van der Waals surface area contributed by atoms with Gasteiger partial charge in [0, 0.05) is 20.6 Å². The number of carbonyl (C=O) groups is 1. The fourth-order valence-corrected chi connectivity index (χ4v) is 4.29. The molecule has 26 heavy (non-hydrogen) atoms. The van der Waals surface area contributed by atoms with E-state index in [9.17, 15) is 9.59 Å². The maximum Gasteiger partial charge on any atom is 0.263 e. The van der Waals surface area contributed by atoms with Gasteiger partial charge in [-0.3, -0.25) is 14.2 Å². The molecule has 136 valence electrons. The zero-order chi connectivity index (χ0) is 19.0. The van der Waals surface area contributed by atoms with Crippen LogP contribution in [0.1, 0.15) is 30.6 Å². The normalized spacial score (nSPS) is 12.3. The second kappa shape index (κ2) is 7.39. The molecular formula is C18H17Cl2N3O2S. The minimum absolute atomic E-state index is 0.213. The monoisotopic (exact) mass is 409 g/mol. The van der Waals surface area contributed by atoms with Gasteiger partial charge in [0.1, 0.15) is 16.7 Å². The van der Waals surface area contributed by atoms with E-state index in [1.54, 1.807) is 32.0 Å². The number of nitrogens with one attached hydrogen (secondary N) is 1. The molecule has 1 unspecified atom stereocenters. The van der Waals surface area contributed by atoms with Crippen molar-refractivity contribution in [1.29, 1.82) is 0 Å². The molecule has 0 aliphatic rings. The predicted octanol–water partition coefficient (Wildman–Crippen LogP) is 4.84. The first-order valence-electron chi connectivity index (χ1n) is 8.08. The Hall–Kier alpha value is -1.89. The molecule has 0 saturated carbocycles. The first-order chi connectivity index (χ1) is 12.3. The van der Waals surface area contributed by atoms with Crippen LogP contribution in [0.2, 0.25) is 10.0 Å². The molecule has 3 rings (SSSR count). The number of fused-ring (bicyclic) bond motifs is 1. The Morgan fingerprint density at radius 1 is 1.27 bits per heavy atom. The minimum Gasteiger partial charge on any atom is -0.324 e. The van der Waals surface area contributed by atoms with Crippen LogP contribution in [0.3, 0.4) is 0 Å². The summed E-state index contributed by atoms with van der Waals surface area (Å²) in [4.78, 5) is 31.8. The highest BCUT2D eigenvalue weighted by Crippen LogP contribution is 2.25. The molecule has 5 nitrogen and oxygen atoms in total. The molecule has 8 heteroatoms. The van der Waals surface area contributed by atoms with Gasteiger partial charge in [-0.25, -0.2) is 4.98 Å². The fourth-order valence-electron chi connectivity index (χ4n) is 2.77. The average Bonchev–Trinajstić information content (AvgIpc) is 2.97. The van der Waals surface area contributed by atoms with Gasteiger partial charge in [0.15, 0.2) is 0 Å². The number of carbonyl (C=O) groups excluding carboxylic acids is 1. The lowest BCUT2D eigenvalue weighted by atomic mass is 10.2. The number of anilines is 1. The van der Waals surface area contributed by atoms with E-state index in [1.807, 2.05) is 13.0 Å². The van der Waals surface area contributed by atoms with Crippen LogP contribution in [0, 0.1) is 6.92 Å². The van der Waals surface area contributed by atoms with Crippen molar-refractivity contribution in [3.05, 3.63) is 55.4 Å². The highest BCUT2D eigenvalue weighted by molar-refractivity contribution is 7.18. The number of hydrogen-bond acceptors (Lipinski definition) is 4. The summed E-state index contributed by atoms with van der Waals surface area (Å²) in [6.45, 7) is 5.42. The van der Waals surface area contributed by atoms with Crippen LogP contribution >= 0.6 is 34.5 Å². The second-order valence-corrected chi connectivity index (χ2v) is 7.93. The van der Waals surface area contributed by atoms with Crippen molar-refractivity contribution < 1.29 is 4.79 Å². The number of nitrogens with zero attached hydrogens (tertiary/aromatic N) is 2. The zero-order valence-electron chi connectivity index (χ0n) is 14.5. The van der Waals surface area contributed by atoms with E-state index in [0.29, 0.717) is 31.8 Å². The van der Waals surface area contributed by atoms with Gasteiger partial charge in [-0.2, -0.15) is 0 Å². The molecule has 3 aromatic rings. The summed E-state index contributed by atoms with van der Waals surface area (Å²) >= 11 is 13.4. The number of hydrogen-bond donors (Lipinski definition) is 1. The van der Waals surface area contributed by atoms with Crippen LogP contribution in [-0.4, -0.2) is 15.5 Å². The molecule has 0 radical (unpaired) electrons. The molecule has 0 bridgehead atoms. The fraction of sp³-hybridized carbons (Fsp3) is 0.278. The third-order valence-corrected chi connectivity index (χ3v) is 5.68. The van der Waals surface area contributed by atoms with Crippen LogP contribution in [0.5, 0.6) is 0 Å². The Labute approximate surface area is 164 Å². The van der Waals surface area contributed by atoms with E-state index < -0.39 is 6.04 Å². The first-order valence-corrected chi connectivity index (χ1v) is 9.66. The maximum atomic E-state index is 12.9. The van der Waals surface area contributed by atoms with Gasteiger partial charge >= 0.3 is 0 Å². The van der Waals surface area contributed by atoms with E-state index in [1.165, 1.54) is 15.9 Å². The molecule has 0 fully saturated rings. The minimum atomic E-state index is -0.734. The standard InChI is InChI=1S/C18H17Cl2N3O2S/c1-4-14-8-15-17(26-14)21-10(3)23(18(15)25)9(2)16(24)22-13-6-11(19)5-12(20)7-13/h5-9H,4H2,1-3H3,(H,22,24). The van der Waals surface area contributed by atoms with Gasteiger partial charge in [-0.15, -0.1) is 11.3 Å². The topological polar surface area (TPSA) is 64.0 Å². The van der Waals surface area contributed by atoms with E-state index in [2.05, 4.69) is 10.3 Å². The first kappa shape index (κ1) is 18.9. The molecule has 2 heterocycles. The van der Waals surface area contributed by atoms with E-state index in [0.717, 1.165) is 11.3 Å². The average molecular weight is 410 g/mol. The number of amides is 1. The van der Waals surface area contributed by atoms with Crippen LogP contribution in [0.4, 0.5) is 5.69 Å². The molecule has 1 aromatic carbocycles. The Bertz CT molecular complexity index is 1040. The van der Waals surface area contributed by atoms with Crippen LogP contribution < -0.4 is 10.9 Å². The Balaban J connectivity index is 1.97. The largest absolute Gasteiger partial charge is 0.324 e. The molecule has 1 N–H and O–H groups in total. The number of aromatic nitrogens is 2. The summed E-state index contributed by atoms with van der Waals surface area (Å²) in [7, 11) is 0. The third kappa shape index (κ3) is 3.63. The van der Waals surface area contributed by atoms with Gasteiger partial charge in [-0.1, -0.05) is 30.1 Å². The summed E-state index contributed by atoms with van der Waals surface area (Å²) in [5, 5.41) is 4.13. The summed E-state index contributed by atoms with van der Waals surface area (Å²) in [5.41, 5.74) is 0.262. The Kier molecular flexibility index (Phi) is 5.37. The maximum absolute atomic E-state index is 12.9. The number of rotatable bonds is 4. The Morgan fingerprint density at radius 2 is 1.92 bits per heavy atom. The third-order valence-electron chi connectivity index (χ3n) is 4.07. The quantitative estimate of drug-likeness (QED) is 0.670. The highest BCUT2D eigenvalue weighted by Gasteiger charge is 2.21. The van der Waals surface area contributed by atoms with Gasteiger partial charge in [0.25, 0.3) is 5.56 Å². The zero-order valence-corrected chi connectivity index (χ0v) is 16.8. The lowest BCUT2D eigenvalue weighted by Crippen LogP contribution is -2.33. The van der Waals surface area contributed by atoms with E-state index in [-0.39, 0.29) is 11.5 Å². The van der Waals surface area contributed by atoms with Crippen molar-refractivity contribution >= 4 is 56.3 Å². The summed E-state index contributed by atoms with van der Waals surface area (Å²) in [6, 6.07) is 5.90. The molecule has 1 atom stereocenters. The van der Waals surface area contributed by atoms with Crippen molar-refractivity contribution in [2.45, 2.75) is 33.2 Å². The SMILES string of the molecule is CCc1cc2c(=O)n(C(C)C(=O)Nc3cc(Cl)cc(Cl)c3)c(C)nc2s1. The van der Waals surface area contributed by atoms with E-state index in [4.69, 9.17) is 23.2 Å². The lowest BCUT2D eigenvalue weighted by molar-refractivity contribution is -0.118. The van der Waals surface area contributed by atoms with Gasteiger partial charge in [-0.05, 0) is 44.5 Å². The van der Waals surface area contributed by atoms with Crippen molar-refractivity contribution in [3.8, 4) is 0 Å². The van der Waals surface area contributed by atoms with E-state index >= 15 is 0 Å². The van der Waals surface area contributed by atoms with Crippen molar-refractivity contribution in [3.63, 3.8) is 0 Å². The Morgan fingerprint density at radius 3 is 2.54 bits per heavy atom. The van der Waals surface area contributed by atoms with Gasteiger partial charge < -0.3 is 5.32 Å². The molecule has 0 aliphatic heterocycles. The van der Waals surface area contributed by atoms with Crippen molar-refractivity contribution in [2.75, 3.05) is 5.32 Å².